The number of benzene rings is 3. The highest BCUT2D eigenvalue weighted by molar-refractivity contribution is 7.92. The molecule has 0 spiro atoms. The lowest BCUT2D eigenvalue weighted by molar-refractivity contribution is -0.136. The zero-order valence-electron chi connectivity index (χ0n) is 42.8. The maximum atomic E-state index is 13.9. The van der Waals surface area contributed by atoms with Crippen LogP contribution in [0, 0.1) is 0 Å². The molecule has 5 heterocycles. The number of anilines is 5. The first-order valence-electron chi connectivity index (χ1n) is 25.4. The molecule has 2 aliphatic heterocycles. The van der Waals surface area contributed by atoms with Crippen molar-refractivity contribution in [2.45, 2.75) is 54.3 Å². The van der Waals surface area contributed by atoms with Gasteiger partial charge in [-0.05, 0) is 86.8 Å². The minimum absolute atomic E-state index is 0.0730. The molecule has 6 aromatic rings. The highest BCUT2D eigenvalue weighted by atomic mass is 35.5. The Labute approximate surface area is 449 Å². The Balaban J connectivity index is 0.627. The van der Waals surface area contributed by atoms with E-state index in [0.29, 0.717) is 119 Å². The fraction of sp³-hybridized carbons (Fsp3) is 0.434. The highest BCUT2D eigenvalue weighted by Crippen LogP contribution is 2.34. The Morgan fingerprint density at radius 3 is 2.05 bits per heavy atom. The average Bonchev–Trinajstić information content (AvgIpc) is 3.83. The fourth-order valence-electron chi connectivity index (χ4n) is 8.86. The Morgan fingerprint density at radius 2 is 1.38 bits per heavy atom. The molecule has 0 bridgehead atoms. The minimum atomic E-state index is -3.82. The number of hydrogen-bond acceptors (Lipinski definition) is 17. The number of aliphatic carboxylic acids is 1. The number of hydrogen-bond donors (Lipinski definition) is 3. The molecule has 2 aliphatic rings. The van der Waals surface area contributed by atoms with Crippen LogP contribution < -0.4 is 15.5 Å². The Bertz CT molecular complexity index is 3080. The molecule has 3 aromatic heterocycles. The van der Waals surface area contributed by atoms with Gasteiger partial charge in [0, 0.05) is 74.5 Å². The van der Waals surface area contributed by atoms with Crippen molar-refractivity contribution in [1.29, 1.82) is 0 Å². The Morgan fingerprint density at radius 1 is 0.750 bits per heavy atom. The maximum absolute atomic E-state index is 13.9. The number of carboxylic acids is 1. The molecule has 2 saturated heterocycles. The van der Waals surface area contributed by atoms with Crippen molar-refractivity contribution in [2.24, 2.45) is 0 Å². The molecule has 0 aliphatic carbocycles. The number of sulfonamides is 1. The summed E-state index contributed by atoms with van der Waals surface area (Å²) in [7, 11) is -7.36. The van der Waals surface area contributed by atoms with Gasteiger partial charge in [-0.25, -0.2) is 26.3 Å². The van der Waals surface area contributed by atoms with Crippen molar-refractivity contribution >= 4 is 71.8 Å². The molecule has 0 unspecified atom stereocenters. The Kier molecular flexibility index (Phi) is 20.0. The third-order valence-electron chi connectivity index (χ3n) is 13.1. The van der Waals surface area contributed by atoms with Crippen molar-refractivity contribution in [3.05, 3.63) is 114 Å². The third kappa shape index (κ3) is 15.0. The van der Waals surface area contributed by atoms with Crippen molar-refractivity contribution in [1.82, 2.24) is 28.8 Å². The number of sulfone groups is 1. The number of carbonyl (C=O) groups is 1. The van der Waals surface area contributed by atoms with Crippen LogP contribution >= 0.6 is 11.6 Å². The van der Waals surface area contributed by atoms with Crippen LogP contribution in [0.3, 0.4) is 0 Å². The summed E-state index contributed by atoms with van der Waals surface area (Å²) in [4.78, 5) is 25.4. The van der Waals surface area contributed by atoms with Gasteiger partial charge in [0.25, 0.3) is 0 Å². The molecule has 0 radical (unpaired) electrons. The first-order chi connectivity index (χ1) is 36.8. The van der Waals surface area contributed by atoms with Crippen LogP contribution in [0.15, 0.2) is 113 Å². The van der Waals surface area contributed by atoms with Gasteiger partial charge >= 0.3 is 5.97 Å². The predicted octanol–water partition coefficient (Wildman–Crippen LogP) is 6.80. The van der Waals surface area contributed by atoms with Gasteiger partial charge in [0.1, 0.15) is 5.02 Å². The van der Waals surface area contributed by atoms with E-state index in [1.807, 2.05) is 12.1 Å². The molecule has 0 atom stereocenters. The van der Waals surface area contributed by atoms with E-state index in [4.69, 9.17) is 35.3 Å². The second kappa shape index (κ2) is 27.0. The monoisotopic (exact) mass is 1100 g/mol. The summed E-state index contributed by atoms with van der Waals surface area (Å²) in [6.45, 7) is 12.6. The fourth-order valence-corrected chi connectivity index (χ4v) is 11.9. The lowest BCUT2D eigenvalue weighted by atomic mass is 10.1. The van der Waals surface area contributed by atoms with Gasteiger partial charge in [-0.3, -0.25) is 9.69 Å². The van der Waals surface area contributed by atoms with E-state index in [1.54, 1.807) is 85.2 Å². The predicted molar refractivity (Wildman–Crippen MR) is 290 cm³/mol. The van der Waals surface area contributed by atoms with E-state index in [0.717, 1.165) is 44.1 Å². The summed E-state index contributed by atoms with van der Waals surface area (Å²) in [6, 6.07) is 25.2. The first kappa shape index (κ1) is 56.4. The van der Waals surface area contributed by atoms with E-state index in [2.05, 4.69) is 47.6 Å². The second-order valence-electron chi connectivity index (χ2n) is 18.5. The normalized spacial score (nSPS) is 15.2. The topological polar surface area (TPSA) is 229 Å². The van der Waals surface area contributed by atoms with Crippen LogP contribution in [0.25, 0.3) is 16.6 Å². The molecule has 20 nitrogen and oxygen atoms in total. The minimum Gasteiger partial charge on any atom is -0.481 e. The number of rotatable bonds is 28. The number of halogens is 1. The van der Waals surface area contributed by atoms with E-state index in [1.165, 1.54) is 16.7 Å². The number of para-hydroxylation sites is 1. The molecule has 3 N–H and O–H groups in total. The third-order valence-corrected chi connectivity index (χ3v) is 17.5. The van der Waals surface area contributed by atoms with Gasteiger partial charge in [0.15, 0.2) is 15.7 Å². The number of aromatic nitrogens is 4. The van der Waals surface area contributed by atoms with Crippen molar-refractivity contribution in [2.75, 3.05) is 121 Å². The number of nitrogens with one attached hydrogen (secondary N) is 2. The zero-order chi connectivity index (χ0) is 53.5. The molecule has 8 rings (SSSR count). The van der Waals surface area contributed by atoms with E-state index < -0.39 is 31.1 Å². The summed E-state index contributed by atoms with van der Waals surface area (Å²) >= 11 is 6.42. The number of ether oxygens (including phenoxy) is 5. The summed E-state index contributed by atoms with van der Waals surface area (Å²) in [5.74, 6) is -0.373. The Hall–Kier alpha value is -5.79. The summed E-state index contributed by atoms with van der Waals surface area (Å²) < 4.78 is 85.7. The molecule has 23 heteroatoms. The van der Waals surface area contributed by atoms with Gasteiger partial charge in [-0.1, -0.05) is 41.9 Å². The van der Waals surface area contributed by atoms with Crippen LogP contribution in [0.4, 0.5) is 28.8 Å². The number of piperazine rings is 1. The summed E-state index contributed by atoms with van der Waals surface area (Å²) in [6.07, 6.45) is 5.56. The van der Waals surface area contributed by atoms with E-state index in [9.17, 15) is 26.7 Å². The standard InChI is InChI=1S/C53H66ClN9O11S2/c1-39(2)75(66,67)50-10-6-4-8-47(50)58-52-46(54)38-55-53(59-52)57-42-11-13-43(14-12-42)61-23-21-60(22-24-61)25-26-70-27-28-71-29-30-72-31-32-73-33-34-74-44-16-18-62(19-17-44)76(68,69)49-9-5-3-7-45(49)40-15-20-63-48(35-40)41(37-56-63)36-51(64)65/h3-15,20,35,37-39,44H,16-19,21-34,36H2,1-2H3,(H,64,65)(H2,55,57,58,59). The largest absolute Gasteiger partial charge is 0.481 e. The second-order valence-corrected chi connectivity index (χ2v) is 23.3. The number of piperidine rings is 1. The molecule has 76 heavy (non-hydrogen) atoms. The van der Waals surface area contributed by atoms with Crippen LogP contribution in [-0.2, 0) is 54.8 Å². The maximum Gasteiger partial charge on any atom is 0.307 e. The molecular weight excluding hydrogens is 1040 g/mol. The molecule has 2 fully saturated rings. The van der Waals surface area contributed by atoms with Crippen molar-refractivity contribution in [3.8, 4) is 11.1 Å². The number of nitrogens with zero attached hydrogens (tertiary/aromatic N) is 7. The number of fused-ring (bicyclic) bond motifs is 1. The smallest absolute Gasteiger partial charge is 0.307 e. The van der Waals surface area contributed by atoms with Crippen LogP contribution in [-0.4, -0.2) is 173 Å². The van der Waals surface area contributed by atoms with Gasteiger partial charge < -0.3 is 44.3 Å². The molecule has 408 valence electrons. The quantitative estimate of drug-likeness (QED) is 0.0429. The van der Waals surface area contributed by atoms with Crippen molar-refractivity contribution in [3.63, 3.8) is 0 Å². The SMILES string of the molecule is CC(C)S(=O)(=O)c1ccccc1Nc1nc(Nc2ccc(N3CCN(CCOCCOCCOCCOCCOC4CCN(S(=O)(=O)c5ccccc5-c5ccn6ncc(CC(=O)O)c6c5)CC4)CC3)cc2)ncc1Cl. The summed E-state index contributed by atoms with van der Waals surface area (Å²) in [5.41, 5.74) is 4.66. The molecule has 0 amide bonds. The number of pyridine rings is 1. The van der Waals surface area contributed by atoms with Gasteiger partial charge in [-0.15, -0.1) is 0 Å². The number of carboxylic acid groups (broad SMARTS) is 1. The molecule has 0 saturated carbocycles. The van der Waals surface area contributed by atoms with E-state index in [-0.39, 0.29) is 33.2 Å². The molecular formula is C53H66ClN9O11S2. The molecule has 3 aromatic carbocycles. The van der Waals surface area contributed by atoms with Gasteiger partial charge in [0.05, 0.1) is 111 Å². The lowest BCUT2D eigenvalue weighted by Crippen LogP contribution is -2.47. The van der Waals surface area contributed by atoms with Gasteiger partial charge in [0.2, 0.25) is 16.0 Å². The van der Waals surface area contributed by atoms with Crippen LogP contribution in [0.2, 0.25) is 5.02 Å². The first-order valence-corrected chi connectivity index (χ1v) is 28.8. The average molecular weight is 1100 g/mol. The van der Waals surface area contributed by atoms with E-state index >= 15 is 0 Å². The van der Waals surface area contributed by atoms with Crippen LogP contribution in [0.5, 0.6) is 0 Å². The summed E-state index contributed by atoms with van der Waals surface area (Å²) in [5, 5.41) is 19.5. The highest BCUT2D eigenvalue weighted by Gasteiger charge is 2.32. The van der Waals surface area contributed by atoms with Crippen LogP contribution in [0.1, 0.15) is 32.3 Å². The lowest BCUT2D eigenvalue weighted by Gasteiger charge is -2.36. The zero-order valence-corrected chi connectivity index (χ0v) is 45.1. The van der Waals surface area contributed by atoms with Crippen molar-refractivity contribution < 1.29 is 50.4 Å². The van der Waals surface area contributed by atoms with Gasteiger partial charge in [-0.2, -0.15) is 14.4 Å².